The molecule has 1 fully saturated rings. The lowest BCUT2D eigenvalue weighted by molar-refractivity contribution is 0.169. The van der Waals surface area contributed by atoms with E-state index in [1.807, 2.05) is 0 Å². The van der Waals surface area contributed by atoms with Crippen LogP contribution in [0.4, 0.5) is 0 Å². The zero-order valence-electron chi connectivity index (χ0n) is 12.2. The molecule has 17 heavy (non-hydrogen) atoms. The van der Waals surface area contributed by atoms with Gasteiger partial charge in [0.2, 0.25) is 0 Å². The van der Waals surface area contributed by atoms with Crippen molar-refractivity contribution in [3.8, 4) is 0 Å². The van der Waals surface area contributed by atoms with E-state index in [1.165, 1.54) is 64.7 Å². The van der Waals surface area contributed by atoms with E-state index in [1.54, 1.807) is 0 Å². The highest BCUT2D eigenvalue weighted by atomic mass is 15.1. The van der Waals surface area contributed by atoms with Gasteiger partial charge in [-0.3, -0.25) is 0 Å². The van der Waals surface area contributed by atoms with Crippen LogP contribution < -0.4 is 5.32 Å². The van der Waals surface area contributed by atoms with Crippen molar-refractivity contribution in [2.45, 2.75) is 65.3 Å². The van der Waals surface area contributed by atoms with Gasteiger partial charge in [-0.1, -0.05) is 33.1 Å². The zero-order chi connectivity index (χ0) is 12.5. The third-order valence-corrected chi connectivity index (χ3v) is 4.28. The first-order valence-electron chi connectivity index (χ1n) is 7.73. The molecule has 1 unspecified atom stereocenters. The van der Waals surface area contributed by atoms with Gasteiger partial charge in [0.25, 0.3) is 0 Å². The van der Waals surface area contributed by atoms with Gasteiger partial charge in [-0.25, -0.2) is 0 Å². The minimum atomic E-state index is 0.718. The molecule has 2 nitrogen and oxygen atoms in total. The highest BCUT2D eigenvalue weighted by Gasteiger charge is 2.22. The molecule has 1 N–H and O–H groups in total. The van der Waals surface area contributed by atoms with E-state index in [0.717, 1.165) is 12.0 Å². The summed E-state index contributed by atoms with van der Waals surface area (Å²) in [5.74, 6) is 0.906. The average Bonchev–Trinajstić information content (AvgIpc) is 2.38. The Bertz CT molecular complexity index is 174. The Kier molecular flexibility index (Phi) is 7.87. The van der Waals surface area contributed by atoms with Crippen LogP contribution in [0.2, 0.25) is 0 Å². The number of unbranched alkanes of at least 4 members (excludes halogenated alkanes) is 3. The van der Waals surface area contributed by atoms with Crippen molar-refractivity contribution in [3.05, 3.63) is 0 Å². The Morgan fingerprint density at radius 1 is 1.12 bits per heavy atom. The maximum absolute atomic E-state index is 3.73. The van der Waals surface area contributed by atoms with Crippen LogP contribution in [0.5, 0.6) is 0 Å². The maximum Gasteiger partial charge on any atom is 0.00679 e. The highest BCUT2D eigenvalue weighted by Crippen LogP contribution is 2.20. The maximum atomic E-state index is 3.73. The van der Waals surface area contributed by atoms with Crippen LogP contribution in [-0.2, 0) is 0 Å². The van der Waals surface area contributed by atoms with Gasteiger partial charge >= 0.3 is 0 Å². The average molecular weight is 240 g/mol. The number of nitrogens with one attached hydrogen (secondary N) is 1. The van der Waals surface area contributed by atoms with Crippen molar-refractivity contribution >= 4 is 0 Å². The molecule has 0 aliphatic carbocycles. The minimum Gasteiger partial charge on any atom is -0.314 e. The normalized spacial score (nSPS) is 20.6. The van der Waals surface area contributed by atoms with Crippen LogP contribution in [-0.4, -0.2) is 37.1 Å². The Balaban J connectivity index is 2.05. The van der Waals surface area contributed by atoms with Crippen molar-refractivity contribution in [1.82, 2.24) is 10.2 Å². The van der Waals surface area contributed by atoms with Crippen LogP contribution in [0.15, 0.2) is 0 Å². The Hall–Kier alpha value is -0.0800. The molecule has 1 atom stereocenters. The van der Waals surface area contributed by atoms with E-state index in [9.17, 15) is 0 Å². The molecule has 0 aromatic carbocycles. The molecule has 0 radical (unpaired) electrons. The third kappa shape index (κ3) is 5.87. The molecule has 0 amide bonds. The molecule has 0 aromatic heterocycles. The lowest BCUT2D eigenvalue weighted by atomic mass is 9.90. The first kappa shape index (κ1) is 15.0. The molecule has 2 heteroatoms. The smallest absolute Gasteiger partial charge is 0.00679 e. The third-order valence-electron chi connectivity index (χ3n) is 4.28. The van der Waals surface area contributed by atoms with Gasteiger partial charge < -0.3 is 10.2 Å². The van der Waals surface area contributed by atoms with Crippen LogP contribution in [0.25, 0.3) is 0 Å². The molecular formula is C15H32N2. The van der Waals surface area contributed by atoms with E-state index in [4.69, 9.17) is 0 Å². The molecule has 102 valence electrons. The topological polar surface area (TPSA) is 15.3 Å². The summed E-state index contributed by atoms with van der Waals surface area (Å²) in [7, 11) is 0. The van der Waals surface area contributed by atoms with E-state index in [2.05, 4.69) is 31.0 Å². The highest BCUT2D eigenvalue weighted by molar-refractivity contribution is 4.79. The fourth-order valence-electron chi connectivity index (χ4n) is 2.82. The van der Waals surface area contributed by atoms with Gasteiger partial charge in [-0.15, -0.1) is 0 Å². The second-order valence-corrected chi connectivity index (χ2v) is 5.58. The summed E-state index contributed by atoms with van der Waals surface area (Å²) in [6.07, 6.45) is 8.25. The van der Waals surface area contributed by atoms with Gasteiger partial charge in [0.05, 0.1) is 0 Å². The first-order valence-corrected chi connectivity index (χ1v) is 7.73. The summed E-state index contributed by atoms with van der Waals surface area (Å²) < 4.78 is 0. The molecule has 0 saturated carbocycles. The summed E-state index contributed by atoms with van der Waals surface area (Å²) >= 11 is 0. The van der Waals surface area contributed by atoms with E-state index >= 15 is 0 Å². The van der Waals surface area contributed by atoms with Gasteiger partial charge in [0.15, 0.2) is 0 Å². The minimum absolute atomic E-state index is 0.718. The Labute approximate surface area is 108 Å². The lowest BCUT2D eigenvalue weighted by Gasteiger charge is -2.34. The lowest BCUT2D eigenvalue weighted by Crippen LogP contribution is -2.42. The van der Waals surface area contributed by atoms with Crippen LogP contribution >= 0.6 is 0 Å². The molecule has 1 aliphatic rings. The SMILES string of the molecule is CCCCCCNC(C)C1CCN(CC)CC1. The number of likely N-dealkylation sites (tertiary alicyclic amines) is 1. The summed E-state index contributed by atoms with van der Waals surface area (Å²) in [6, 6.07) is 0.718. The van der Waals surface area contributed by atoms with E-state index in [-0.39, 0.29) is 0 Å². The van der Waals surface area contributed by atoms with Gasteiger partial charge in [0, 0.05) is 6.04 Å². The molecule has 0 bridgehead atoms. The fraction of sp³-hybridized carbons (Fsp3) is 1.00. The summed E-state index contributed by atoms with van der Waals surface area (Å²) in [5.41, 5.74) is 0. The van der Waals surface area contributed by atoms with Crippen molar-refractivity contribution < 1.29 is 0 Å². The van der Waals surface area contributed by atoms with Gasteiger partial charge in [-0.05, 0) is 58.3 Å². The van der Waals surface area contributed by atoms with E-state index in [0.29, 0.717) is 0 Å². The number of nitrogens with zero attached hydrogens (tertiary/aromatic N) is 1. The molecular weight excluding hydrogens is 208 g/mol. The zero-order valence-corrected chi connectivity index (χ0v) is 12.2. The number of hydrogen-bond donors (Lipinski definition) is 1. The van der Waals surface area contributed by atoms with Crippen LogP contribution in [0, 0.1) is 5.92 Å². The monoisotopic (exact) mass is 240 g/mol. The van der Waals surface area contributed by atoms with Crippen molar-refractivity contribution in [2.24, 2.45) is 5.92 Å². The number of piperidine rings is 1. The molecule has 0 spiro atoms. The summed E-state index contributed by atoms with van der Waals surface area (Å²) in [5, 5.41) is 3.73. The molecule has 1 aliphatic heterocycles. The van der Waals surface area contributed by atoms with Crippen molar-refractivity contribution in [3.63, 3.8) is 0 Å². The standard InChI is InChI=1S/C15H32N2/c1-4-6-7-8-11-16-14(3)15-9-12-17(5-2)13-10-15/h14-16H,4-13H2,1-3H3. The Morgan fingerprint density at radius 3 is 2.41 bits per heavy atom. The van der Waals surface area contributed by atoms with Gasteiger partial charge in [0.1, 0.15) is 0 Å². The quantitative estimate of drug-likeness (QED) is 0.655. The van der Waals surface area contributed by atoms with Gasteiger partial charge in [-0.2, -0.15) is 0 Å². The Morgan fingerprint density at radius 2 is 1.82 bits per heavy atom. The first-order chi connectivity index (χ1) is 8.27. The molecule has 0 aromatic rings. The summed E-state index contributed by atoms with van der Waals surface area (Å²) in [6.45, 7) is 12.0. The number of hydrogen-bond acceptors (Lipinski definition) is 2. The van der Waals surface area contributed by atoms with Crippen molar-refractivity contribution in [1.29, 1.82) is 0 Å². The predicted molar refractivity (Wildman–Crippen MR) is 76.4 cm³/mol. The molecule has 1 rings (SSSR count). The fourth-order valence-corrected chi connectivity index (χ4v) is 2.82. The van der Waals surface area contributed by atoms with Crippen LogP contribution in [0.1, 0.15) is 59.3 Å². The molecule has 1 saturated heterocycles. The summed E-state index contributed by atoms with van der Waals surface area (Å²) in [4.78, 5) is 2.57. The second kappa shape index (κ2) is 8.93. The van der Waals surface area contributed by atoms with E-state index < -0.39 is 0 Å². The largest absolute Gasteiger partial charge is 0.314 e. The second-order valence-electron chi connectivity index (χ2n) is 5.58. The predicted octanol–water partition coefficient (Wildman–Crippen LogP) is 3.28. The van der Waals surface area contributed by atoms with Crippen LogP contribution in [0.3, 0.4) is 0 Å². The van der Waals surface area contributed by atoms with Crippen molar-refractivity contribution in [2.75, 3.05) is 26.2 Å². The molecule has 1 heterocycles. The number of rotatable bonds is 8.